The van der Waals surface area contributed by atoms with E-state index in [1.54, 1.807) is 12.1 Å². The highest BCUT2D eigenvalue weighted by Crippen LogP contribution is 2.25. The number of hydrogen-bond acceptors (Lipinski definition) is 3. The maximum atomic E-state index is 8.65. The molecule has 0 radical (unpaired) electrons. The Morgan fingerprint density at radius 1 is 1.15 bits per heavy atom. The van der Waals surface area contributed by atoms with E-state index < -0.39 is 6.48 Å². The van der Waals surface area contributed by atoms with Gasteiger partial charge in [-0.15, -0.1) is 0 Å². The van der Waals surface area contributed by atoms with E-state index in [-0.39, 0.29) is 0 Å². The number of ether oxygens (including phenoxy) is 1. The fourth-order valence-electron chi connectivity index (χ4n) is 1.18. The Hall–Kier alpha value is -1.06. The maximum Gasteiger partial charge on any atom is 0.310 e. The fraction of sp³-hybridized carbons (Fsp3) is 0.400. The SMILES string of the molecule is CC(C)c1ccccc1OC(O)O. The van der Waals surface area contributed by atoms with Gasteiger partial charge in [0.15, 0.2) is 0 Å². The molecule has 0 saturated carbocycles. The number of aliphatic hydroxyl groups is 2. The lowest BCUT2D eigenvalue weighted by Crippen LogP contribution is -2.14. The molecule has 13 heavy (non-hydrogen) atoms. The molecule has 0 aliphatic carbocycles. The molecule has 0 aromatic heterocycles. The highest BCUT2D eigenvalue weighted by molar-refractivity contribution is 5.35. The van der Waals surface area contributed by atoms with Crippen LogP contribution in [0.4, 0.5) is 0 Å². The second-order valence-corrected chi connectivity index (χ2v) is 3.14. The van der Waals surface area contributed by atoms with Crippen LogP contribution in [0.2, 0.25) is 0 Å². The van der Waals surface area contributed by atoms with E-state index in [9.17, 15) is 0 Å². The lowest BCUT2D eigenvalue weighted by Gasteiger charge is -2.14. The molecule has 0 unspecified atom stereocenters. The van der Waals surface area contributed by atoms with Crippen molar-refractivity contribution in [3.05, 3.63) is 29.8 Å². The summed E-state index contributed by atoms with van der Waals surface area (Å²) in [6.07, 6.45) is 0. The Bertz CT molecular complexity index is 269. The molecular weight excluding hydrogens is 168 g/mol. The summed E-state index contributed by atoms with van der Waals surface area (Å²) < 4.78 is 4.82. The zero-order valence-corrected chi connectivity index (χ0v) is 7.77. The Balaban J connectivity index is 2.91. The van der Waals surface area contributed by atoms with Crippen molar-refractivity contribution in [1.29, 1.82) is 0 Å². The van der Waals surface area contributed by atoms with Crippen LogP contribution >= 0.6 is 0 Å². The topological polar surface area (TPSA) is 49.7 Å². The Labute approximate surface area is 77.6 Å². The molecule has 72 valence electrons. The number of benzene rings is 1. The summed E-state index contributed by atoms with van der Waals surface area (Å²) in [6, 6.07) is 7.31. The molecule has 0 saturated heterocycles. The predicted octanol–water partition coefficient (Wildman–Crippen LogP) is 1.46. The summed E-state index contributed by atoms with van der Waals surface area (Å²) in [7, 11) is 0. The summed E-state index contributed by atoms with van der Waals surface area (Å²) >= 11 is 0. The summed E-state index contributed by atoms with van der Waals surface area (Å²) in [5.41, 5.74) is 0.968. The molecular formula is C10H14O3. The minimum atomic E-state index is -1.75. The van der Waals surface area contributed by atoms with Crippen LogP contribution in [0.25, 0.3) is 0 Å². The lowest BCUT2D eigenvalue weighted by molar-refractivity contribution is -0.179. The molecule has 0 atom stereocenters. The van der Waals surface area contributed by atoms with E-state index in [0.717, 1.165) is 5.56 Å². The van der Waals surface area contributed by atoms with Gasteiger partial charge < -0.3 is 14.9 Å². The van der Waals surface area contributed by atoms with E-state index in [2.05, 4.69) is 0 Å². The van der Waals surface area contributed by atoms with Crippen molar-refractivity contribution in [3.8, 4) is 5.75 Å². The van der Waals surface area contributed by atoms with Crippen molar-refractivity contribution in [1.82, 2.24) is 0 Å². The van der Waals surface area contributed by atoms with Crippen molar-refractivity contribution >= 4 is 0 Å². The molecule has 1 rings (SSSR count). The third-order valence-corrected chi connectivity index (χ3v) is 1.77. The molecule has 0 heterocycles. The van der Waals surface area contributed by atoms with Crippen molar-refractivity contribution in [2.45, 2.75) is 26.2 Å². The number of para-hydroxylation sites is 1. The largest absolute Gasteiger partial charge is 0.441 e. The van der Waals surface area contributed by atoms with Gasteiger partial charge in [-0.25, -0.2) is 0 Å². The molecule has 0 bridgehead atoms. The number of rotatable bonds is 3. The van der Waals surface area contributed by atoms with Crippen molar-refractivity contribution in [2.24, 2.45) is 0 Å². The second kappa shape index (κ2) is 4.25. The zero-order valence-electron chi connectivity index (χ0n) is 7.77. The van der Waals surface area contributed by atoms with Gasteiger partial charge in [0.05, 0.1) is 0 Å². The molecule has 0 fully saturated rings. The predicted molar refractivity (Wildman–Crippen MR) is 49.4 cm³/mol. The quantitative estimate of drug-likeness (QED) is 0.696. The number of hydrogen-bond donors (Lipinski definition) is 2. The van der Waals surface area contributed by atoms with Gasteiger partial charge in [-0.2, -0.15) is 0 Å². The van der Waals surface area contributed by atoms with E-state index in [1.165, 1.54) is 0 Å². The van der Waals surface area contributed by atoms with E-state index in [1.807, 2.05) is 26.0 Å². The summed E-state index contributed by atoms with van der Waals surface area (Å²) in [5, 5.41) is 17.3. The standard InChI is InChI=1S/C10H14O3/c1-7(2)8-5-3-4-6-9(8)13-10(11)12/h3-7,10-12H,1-2H3. The first kappa shape index (κ1) is 10.0. The fourth-order valence-corrected chi connectivity index (χ4v) is 1.18. The molecule has 3 nitrogen and oxygen atoms in total. The van der Waals surface area contributed by atoms with Gasteiger partial charge in [0.1, 0.15) is 5.75 Å². The monoisotopic (exact) mass is 182 g/mol. The van der Waals surface area contributed by atoms with Gasteiger partial charge >= 0.3 is 6.48 Å². The maximum absolute atomic E-state index is 8.65. The molecule has 3 heteroatoms. The average Bonchev–Trinajstić information content (AvgIpc) is 2.03. The molecule has 0 spiro atoms. The molecule has 2 N–H and O–H groups in total. The summed E-state index contributed by atoms with van der Waals surface area (Å²) in [5.74, 6) is 0.822. The van der Waals surface area contributed by atoms with Crippen LogP contribution in [0.3, 0.4) is 0 Å². The Morgan fingerprint density at radius 3 is 2.31 bits per heavy atom. The number of aliphatic hydroxyl groups excluding tert-OH is 1. The van der Waals surface area contributed by atoms with Crippen molar-refractivity contribution in [2.75, 3.05) is 0 Å². The van der Waals surface area contributed by atoms with Crippen LogP contribution in [0.1, 0.15) is 25.3 Å². The molecule has 0 aliphatic heterocycles. The molecule has 0 aliphatic rings. The van der Waals surface area contributed by atoms with Crippen LogP contribution in [-0.2, 0) is 0 Å². The van der Waals surface area contributed by atoms with Crippen LogP contribution in [0.15, 0.2) is 24.3 Å². The minimum Gasteiger partial charge on any atom is -0.441 e. The minimum absolute atomic E-state index is 0.301. The summed E-state index contributed by atoms with van der Waals surface area (Å²) in [6.45, 7) is 2.29. The van der Waals surface area contributed by atoms with Gasteiger partial charge in [-0.1, -0.05) is 32.0 Å². The van der Waals surface area contributed by atoms with Gasteiger partial charge in [-0.05, 0) is 17.5 Å². The van der Waals surface area contributed by atoms with Crippen molar-refractivity contribution in [3.63, 3.8) is 0 Å². The van der Waals surface area contributed by atoms with E-state index in [0.29, 0.717) is 11.7 Å². The Kier molecular flexibility index (Phi) is 3.28. The molecule has 1 aromatic carbocycles. The van der Waals surface area contributed by atoms with Gasteiger partial charge in [0.2, 0.25) is 0 Å². The van der Waals surface area contributed by atoms with E-state index in [4.69, 9.17) is 14.9 Å². The van der Waals surface area contributed by atoms with Crippen LogP contribution in [0.5, 0.6) is 5.75 Å². The first-order valence-corrected chi connectivity index (χ1v) is 4.23. The van der Waals surface area contributed by atoms with Gasteiger partial charge in [-0.3, -0.25) is 0 Å². The second-order valence-electron chi connectivity index (χ2n) is 3.14. The molecule has 0 amide bonds. The van der Waals surface area contributed by atoms with Gasteiger partial charge in [0, 0.05) is 0 Å². The normalized spacial score (nSPS) is 10.9. The average molecular weight is 182 g/mol. The zero-order chi connectivity index (χ0) is 9.84. The van der Waals surface area contributed by atoms with Crippen LogP contribution in [0, 0.1) is 0 Å². The Morgan fingerprint density at radius 2 is 1.77 bits per heavy atom. The van der Waals surface area contributed by atoms with Crippen molar-refractivity contribution < 1.29 is 14.9 Å². The first-order chi connectivity index (χ1) is 6.11. The summed E-state index contributed by atoms with van der Waals surface area (Å²) in [4.78, 5) is 0. The van der Waals surface area contributed by atoms with E-state index >= 15 is 0 Å². The van der Waals surface area contributed by atoms with Crippen LogP contribution < -0.4 is 4.74 Å². The highest BCUT2D eigenvalue weighted by atomic mass is 16.7. The van der Waals surface area contributed by atoms with Crippen LogP contribution in [-0.4, -0.2) is 16.7 Å². The third kappa shape index (κ3) is 2.72. The van der Waals surface area contributed by atoms with Gasteiger partial charge in [0.25, 0.3) is 0 Å². The highest BCUT2D eigenvalue weighted by Gasteiger charge is 2.08. The smallest absolute Gasteiger partial charge is 0.310 e. The lowest BCUT2D eigenvalue weighted by atomic mass is 10.0. The third-order valence-electron chi connectivity index (χ3n) is 1.77. The first-order valence-electron chi connectivity index (χ1n) is 4.23. The molecule has 1 aromatic rings.